The predicted molar refractivity (Wildman–Crippen MR) is 62.0 cm³/mol. The number of benzene rings is 1. The molecule has 0 aliphatic rings. The van der Waals surface area contributed by atoms with Gasteiger partial charge < -0.3 is 9.73 Å². The van der Waals surface area contributed by atoms with Crippen LogP contribution >= 0.6 is 0 Å². The zero-order valence-corrected chi connectivity index (χ0v) is 9.08. The topological polar surface area (TPSA) is 25.2 Å². The van der Waals surface area contributed by atoms with Crippen LogP contribution < -0.4 is 5.32 Å². The first-order chi connectivity index (χ1) is 7.25. The quantitative estimate of drug-likeness (QED) is 0.822. The Balaban J connectivity index is 2.05. The van der Waals surface area contributed by atoms with Gasteiger partial charge in [0.15, 0.2) is 0 Å². The van der Waals surface area contributed by atoms with Crippen LogP contribution in [0.1, 0.15) is 16.9 Å². The molecule has 0 saturated heterocycles. The Bertz CT molecular complexity index is 432. The van der Waals surface area contributed by atoms with E-state index in [0.717, 1.165) is 18.0 Å². The van der Waals surface area contributed by atoms with Gasteiger partial charge in [0.2, 0.25) is 0 Å². The number of anilines is 1. The number of hydrogen-bond acceptors (Lipinski definition) is 2. The molecule has 0 radical (unpaired) electrons. The van der Waals surface area contributed by atoms with Crippen LogP contribution in [0.25, 0.3) is 0 Å². The second-order valence-electron chi connectivity index (χ2n) is 3.75. The van der Waals surface area contributed by atoms with Gasteiger partial charge in [-0.1, -0.05) is 17.7 Å². The summed E-state index contributed by atoms with van der Waals surface area (Å²) in [5, 5.41) is 3.35. The van der Waals surface area contributed by atoms with E-state index >= 15 is 0 Å². The van der Waals surface area contributed by atoms with E-state index in [4.69, 9.17) is 4.42 Å². The molecular weight excluding hydrogens is 186 g/mol. The van der Waals surface area contributed by atoms with Crippen LogP contribution in [0.4, 0.5) is 5.69 Å². The van der Waals surface area contributed by atoms with Crippen molar-refractivity contribution in [2.45, 2.75) is 20.4 Å². The zero-order valence-electron chi connectivity index (χ0n) is 9.08. The first-order valence-electron chi connectivity index (χ1n) is 5.09. The van der Waals surface area contributed by atoms with E-state index in [0.29, 0.717) is 0 Å². The summed E-state index contributed by atoms with van der Waals surface area (Å²) in [5.74, 6) is 0.954. The smallest absolute Gasteiger partial charge is 0.122 e. The van der Waals surface area contributed by atoms with E-state index in [1.54, 1.807) is 6.26 Å². The number of hydrogen-bond donors (Lipinski definition) is 1. The maximum atomic E-state index is 5.26. The molecule has 0 aliphatic carbocycles. The maximum Gasteiger partial charge on any atom is 0.122 e. The molecule has 0 amide bonds. The standard InChI is InChI=1S/C13H15NO/c1-10-5-6-13(11(2)8-10)14-9-12-4-3-7-15-12/h3-8,14H,9H2,1-2H3. The van der Waals surface area contributed by atoms with Crippen molar-refractivity contribution in [3.8, 4) is 0 Å². The summed E-state index contributed by atoms with van der Waals surface area (Å²) in [6, 6.07) is 10.3. The second kappa shape index (κ2) is 4.22. The van der Waals surface area contributed by atoms with Crippen molar-refractivity contribution in [3.63, 3.8) is 0 Å². The van der Waals surface area contributed by atoms with Gasteiger partial charge in [-0.2, -0.15) is 0 Å². The fourth-order valence-electron chi connectivity index (χ4n) is 1.61. The molecule has 1 heterocycles. The lowest BCUT2D eigenvalue weighted by Crippen LogP contribution is -1.99. The molecule has 1 aromatic carbocycles. The Hall–Kier alpha value is -1.70. The molecule has 2 rings (SSSR count). The van der Waals surface area contributed by atoms with Crippen molar-refractivity contribution < 1.29 is 4.42 Å². The molecule has 0 bridgehead atoms. The molecule has 0 aliphatic heterocycles. The average Bonchev–Trinajstić information content (AvgIpc) is 2.69. The Morgan fingerprint density at radius 3 is 2.73 bits per heavy atom. The average molecular weight is 201 g/mol. The summed E-state index contributed by atoms with van der Waals surface area (Å²) in [7, 11) is 0. The summed E-state index contributed by atoms with van der Waals surface area (Å²) in [6.45, 7) is 4.94. The molecule has 2 aromatic rings. The van der Waals surface area contributed by atoms with E-state index < -0.39 is 0 Å². The maximum absolute atomic E-state index is 5.26. The molecule has 1 N–H and O–H groups in total. The van der Waals surface area contributed by atoms with E-state index in [1.165, 1.54) is 11.1 Å². The molecule has 78 valence electrons. The molecule has 2 nitrogen and oxygen atoms in total. The number of nitrogens with one attached hydrogen (secondary N) is 1. The number of rotatable bonds is 3. The van der Waals surface area contributed by atoms with Gasteiger partial charge in [-0.05, 0) is 37.6 Å². The van der Waals surface area contributed by atoms with Crippen molar-refractivity contribution in [3.05, 3.63) is 53.5 Å². The first kappa shape index (κ1) is 9.84. The largest absolute Gasteiger partial charge is 0.467 e. The third-order valence-electron chi connectivity index (χ3n) is 2.42. The Labute approximate surface area is 89.9 Å². The van der Waals surface area contributed by atoms with Gasteiger partial charge in [-0.3, -0.25) is 0 Å². The molecule has 0 atom stereocenters. The third kappa shape index (κ3) is 2.40. The zero-order chi connectivity index (χ0) is 10.7. The number of aryl methyl sites for hydroxylation is 2. The highest BCUT2D eigenvalue weighted by atomic mass is 16.3. The summed E-state index contributed by atoms with van der Waals surface area (Å²) >= 11 is 0. The molecule has 1 aromatic heterocycles. The Morgan fingerprint density at radius 2 is 2.07 bits per heavy atom. The highest BCUT2D eigenvalue weighted by Crippen LogP contribution is 2.16. The number of furan rings is 1. The Morgan fingerprint density at radius 1 is 1.20 bits per heavy atom. The van der Waals surface area contributed by atoms with Crippen LogP contribution in [0.3, 0.4) is 0 Å². The van der Waals surface area contributed by atoms with Crippen molar-refractivity contribution in [2.75, 3.05) is 5.32 Å². The lowest BCUT2D eigenvalue weighted by Gasteiger charge is -2.08. The minimum absolute atomic E-state index is 0.733. The summed E-state index contributed by atoms with van der Waals surface area (Å²) in [6.07, 6.45) is 1.69. The van der Waals surface area contributed by atoms with E-state index in [1.807, 2.05) is 12.1 Å². The second-order valence-corrected chi connectivity index (χ2v) is 3.75. The fourth-order valence-corrected chi connectivity index (χ4v) is 1.61. The van der Waals surface area contributed by atoms with Gasteiger partial charge in [0, 0.05) is 5.69 Å². The van der Waals surface area contributed by atoms with Crippen molar-refractivity contribution >= 4 is 5.69 Å². The molecule has 0 saturated carbocycles. The van der Waals surface area contributed by atoms with Gasteiger partial charge in [0.05, 0.1) is 12.8 Å². The van der Waals surface area contributed by atoms with Crippen LogP contribution in [0.15, 0.2) is 41.0 Å². The SMILES string of the molecule is Cc1ccc(NCc2ccco2)c(C)c1. The van der Waals surface area contributed by atoms with E-state index in [2.05, 4.69) is 37.4 Å². The minimum Gasteiger partial charge on any atom is -0.467 e. The first-order valence-corrected chi connectivity index (χ1v) is 5.09. The van der Waals surface area contributed by atoms with Crippen molar-refractivity contribution in [2.24, 2.45) is 0 Å². The predicted octanol–water partition coefficient (Wildman–Crippen LogP) is 3.51. The minimum atomic E-state index is 0.733. The van der Waals surface area contributed by atoms with Crippen molar-refractivity contribution in [1.82, 2.24) is 0 Å². The molecule has 0 spiro atoms. The third-order valence-corrected chi connectivity index (χ3v) is 2.42. The lowest BCUT2D eigenvalue weighted by atomic mass is 10.1. The lowest BCUT2D eigenvalue weighted by molar-refractivity contribution is 0.518. The molecule has 2 heteroatoms. The van der Waals surface area contributed by atoms with Gasteiger partial charge in [-0.25, -0.2) is 0 Å². The van der Waals surface area contributed by atoms with Crippen LogP contribution in [0.2, 0.25) is 0 Å². The fraction of sp³-hybridized carbons (Fsp3) is 0.231. The van der Waals surface area contributed by atoms with Crippen molar-refractivity contribution in [1.29, 1.82) is 0 Å². The van der Waals surface area contributed by atoms with E-state index in [9.17, 15) is 0 Å². The molecular formula is C13H15NO. The van der Waals surface area contributed by atoms with Gasteiger partial charge in [0.1, 0.15) is 5.76 Å². The molecule has 0 unspecified atom stereocenters. The molecule has 15 heavy (non-hydrogen) atoms. The van der Waals surface area contributed by atoms with Crippen LogP contribution in [0.5, 0.6) is 0 Å². The summed E-state index contributed by atoms with van der Waals surface area (Å²) < 4.78 is 5.26. The van der Waals surface area contributed by atoms with Crippen LogP contribution in [-0.2, 0) is 6.54 Å². The summed E-state index contributed by atoms with van der Waals surface area (Å²) in [4.78, 5) is 0. The van der Waals surface area contributed by atoms with Crippen LogP contribution in [-0.4, -0.2) is 0 Å². The monoisotopic (exact) mass is 201 g/mol. The Kier molecular flexibility index (Phi) is 2.77. The van der Waals surface area contributed by atoms with Gasteiger partial charge in [0.25, 0.3) is 0 Å². The highest BCUT2D eigenvalue weighted by molar-refractivity contribution is 5.51. The van der Waals surface area contributed by atoms with Gasteiger partial charge >= 0.3 is 0 Å². The normalized spacial score (nSPS) is 10.3. The van der Waals surface area contributed by atoms with Crippen LogP contribution in [0, 0.1) is 13.8 Å². The van der Waals surface area contributed by atoms with E-state index in [-0.39, 0.29) is 0 Å². The molecule has 0 fully saturated rings. The highest BCUT2D eigenvalue weighted by Gasteiger charge is 1.99. The summed E-state index contributed by atoms with van der Waals surface area (Å²) in [5.41, 5.74) is 3.72. The van der Waals surface area contributed by atoms with Gasteiger partial charge in [-0.15, -0.1) is 0 Å².